The molecule has 0 rings (SSSR count). The molecule has 0 aromatic rings. The zero-order chi connectivity index (χ0) is 26.6. The van der Waals surface area contributed by atoms with Gasteiger partial charge in [0.25, 0.3) is 0 Å². The fourth-order valence-electron chi connectivity index (χ4n) is 3.21. The molecule has 0 saturated heterocycles. The molecule has 4 unspecified atom stereocenters. The molecule has 0 spiro atoms. The molecule has 0 aliphatic carbocycles. The number of aliphatic carboxylic acids is 1. The van der Waals surface area contributed by atoms with E-state index in [2.05, 4.69) is 20.9 Å². The second-order valence-corrected chi connectivity index (χ2v) is 9.54. The van der Waals surface area contributed by atoms with Gasteiger partial charge in [0.15, 0.2) is 5.96 Å². The molecule has 4 atom stereocenters. The Kier molecular flexibility index (Phi) is 13.8. The minimum atomic E-state index is -1.21. The highest BCUT2D eigenvalue weighted by molar-refractivity contribution is 5.94. The van der Waals surface area contributed by atoms with Gasteiger partial charge in [0.1, 0.15) is 18.1 Å². The van der Waals surface area contributed by atoms with E-state index in [1.807, 2.05) is 13.8 Å². The summed E-state index contributed by atoms with van der Waals surface area (Å²) in [6.07, 6.45) is 0.913. The van der Waals surface area contributed by atoms with Gasteiger partial charge in [0, 0.05) is 6.54 Å². The molecule has 0 bridgehead atoms. The molecule has 34 heavy (non-hydrogen) atoms. The lowest BCUT2D eigenvalue weighted by atomic mass is 9.98. The van der Waals surface area contributed by atoms with Crippen molar-refractivity contribution in [1.82, 2.24) is 16.0 Å². The monoisotopic (exact) mass is 485 g/mol. The Hall–Kier alpha value is -2.89. The van der Waals surface area contributed by atoms with Gasteiger partial charge >= 0.3 is 5.97 Å². The Morgan fingerprint density at radius 3 is 1.71 bits per heavy atom. The van der Waals surface area contributed by atoms with Crippen molar-refractivity contribution < 1.29 is 24.3 Å². The fourth-order valence-corrected chi connectivity index (χ4v) is 3.21. The summed E-state index contributed by atoms with van der Waals surface area (Å²) in [5, 5.41) is 17.3. The third-order valence-electron chi connectivity index (χ3n) is 5.12. The average molecular weight is 486 g/mol. The van der Waals surface area contributed by atoms with E-state index in [0.717, 1.165) is 0 Å². The maximum atomic E-state index is 13.0. The molecule has 3 amide bonds. The van der Waals surface area contributed by atoms with Crippen molar-refractivity contribution in [2.45, 2.75) is 85.0 Å². The van der Waals surface area contributed by atoms with Crippen LogP contribution in [0, 0.1) is 17.8 Å². The summed E-state index contributed by atoms with van der Waals surface area (Å²) in [7, 11) is 0. The lowest BCUT2D eigenvalue weighted by Gasteiger charge is -2.28. The van der Waals surface area contributed by atoms with Crippen LogP contribution in [0.2, 0.25) is 0 Å². The summed E-state index contributed by atoms with van der Waals surface area (Å²) in [6.45, 7) is 11.1. The van der Waals surface area contributed by atoms with Crippen LogP contribution in [0.1, 0.15) is 60.8 Å². The van der Waals surface area contributed by atoms with Crippen LogP contribution in [-0.4, -0.2) is 65.5 Å². The molecule has 196 valence electrons. The molecule has 12 heteroatoms. The molecule has 0 fully saturated rings. The van der Waals surface area contributed by atoms with Crippen molar-refractivity contribution in [3.63, 3.8) is 0 Å². The topological polar surface area (TPSA) is 215 Å². The number of nitrogens with zero attached hydrogens (tertiary/aromatic N) is 1. The van der Waals surface area contributed by atoms with Crippen LogP contribution in [0.3, 0.4) is 0 Å². The first-order valence-electron chi connectivity index (χ1n) is 11.6. The van der Waals surface area contributed by atoms with Crippen LogP contribution >= 0.6 is 0 Å². The fraction of sp³-hybridized carbons (Fsp3) is 0.773. The predicted octanol–water partition coefficient (Wildman–Crippen LogP) is -0.736. The molecule has 0 saturated carbocycles. The van der Waals surface area contributed by atoms with Crippen LogP contribution in [0.4, 0.5) is 0 Å². The molecule has 0 aliphatic rings. The van der Waals surface area contributed by atoms with Crippen LogP contribution in [0.25, 0.3) is 0 Å². The van der Waals surface area contributed by atoms with Crippen molar-refractivity contribution in [3.05, 3.63) is 0 Å². The van der Waals surface area contributed by atoms with Crippen LogP contribution in [0.5, 0.6) is 0 Å². The number of nitrogens with two attached hydrogens (primary N) is 3. The van der Waals surface area contributed by atoms with E-state index in [9.17, 15) is 24.3 Å². The summed E-state index contributed by atoms with van der Waals surface area (Å²) in [5.41, 5.74) is 16.4. The highest BCUT2D eigenvalue weighted by Crippen LogP contribution is 2.09. The normalized spacial score (nSPS) is 14.8. The number of nitrogens with one attached hydrogen (secondary N) is 3. The third kappa shape index (κ3) is 11.8. The average Bonchev–Trinajstić information content (AvgIpc) is 2.70. The minimum Gasteiger partial charge on any atom is -0.480 e. The number of rotatable bonds is 15. The van der Waals surface area contributed by atoms with Crippen molar-refractivity contribution in [2.75, 3.05) is 6.54 Å². The van der Waals surface area contributed by atoms with Crippen molar-refractivity contribution in [1.29, 1.82) is 0 Å². The number of aliphatic imine (C=N–C) groups is 1. The van der Waals surface area contributed by atoms with Gasteiger partial charge in [-0.1, -0.05) is 41.5 Å². The van der Waals surface area contributed by atoms with E-state index >= 15 is 0 Å². The van der Waals surface area contributed by atoms with Crippen LogP contribution < -0.4 is 33.2 Å². The Bertz CT molecular complexity index is 720. The number of carboxylic acid groups (broad SMARTS) is 1. The number of carbonyl (C=O) groups is 4. The van der Waals surface area contributed by atoms with E-state index in [0.29, 0.717) is 12.8 Å². The Morgan fingerprint density at radius 1 is 0.824 bits per heavy atom. The van der Waals surface area contributed by atoms with Gasteiger partial charge in [-0.2, -0.15) is 0 Å². The quantitative estimate of drug-likeness (QED) is 0.0888. The highest BCUT2D eigenvalue weighted by atomic mass is 16.4. The number of guanidine groups is 1. The number of carboxylic acids is 1. The van der Waals surface area contributed by atoms with E-state index in [-0.39, 0.29) is 36.7 Å². The molecule has 0 aromatic heterocycles. The maximum absolute atomic E-state index is 13.0. The number of amides is 3. The second-order valence-electron chi connectivity index (χ2n) is 9.54. The standard InChI is InChI=1S/C22H43N7O5/c1-11(2)10-14(23)18(30)28-17(13(5)6)20(32)29-16(12(3)4)19(31)27-15(21(33)34)8-7-9-26-22(24)25/h11-17H,7-10,23H2,1-6H3,(H,27,31)(H,28,30)(H,29,32)(H,33,34)(H4,24,25,26). The van der Waals surface area contributed by atoms with Crippen LogP contribution in [-0.2, 0) is 19.2 Å². The second kappa shape index (κ2) is 15.1. The molecule has 0 radical (unpaired) electrons. The minimum absolute atomic E-state index is 0.101. The first kappa shape index (κ1) is 31.1. The van der Waals surface area contributed by atoms with Crippen molar-refractivity contribution in [2.24, 2.45) is 39.9 Å². The van der Waals surface area contributed by atoms with Crippen molar-refractivity contribution in [3.8, 4) is 0 Å². The van der Waals surface area contributed by atoms with Gasteiger partial charge in [-0.3, -0.25) is 19.4 Å². The number of carbonyl (C=O) groups excluding carboxylic acids is 3. The smallest absolute Gasteiger partial charge is 0.326 e. The first-order valence-corrected chi connectivity index (χ1v) is 11.6. The Balaban J connectivity index is 5.29. The third-order valence-corrected chi connectivity index (χ3v) is 5.12. The van der Waals surface area contributed by atoms with Gasteiger partial charge in [-0.05, 0) is 37.0 Å². The van der Waals surface area contributed by atoms with Gasteiger partial charge in [0.05, 0.1) is 6.04 Å². The molecule has 10 N–H and O–H groups in total. The number of hydrogen-bond donors (Lipinski definition) is 7. The summed E-state index contributed by atoms with van der Waals surface area (Å²) in [6, 6.07) is -3.84. The largest absolute Gasteiger partial charge is 0.480 e. The molecular weight excluding hydrogens is 442 g/mol. The van der Waals surface area contributed by atoms with Gasteiger partial charge in [-0.15, -0.1) is 0 Å². The van der Waals surface area contributed by atoms with Gasteiger partial charge < -0.3 is 38.3 Å². The lowest BCUT2D eigenvalue weighted by molar-refractivity contribution is -0.143. The maximum Gasteiger partial charge on any atom is 0.326 e. The SMILES string of the molecule is CC(C)CC(N)C(=O)NC(C(=O)NC(C(=O)NC(CCCN=C(N)N)C(=O)O)C(C)C)C(C)C. The molecule has 0 aromatic carbocycles. The van der Waals surface area contributed by atoms with E-state index < -0.39 is 47.9 Å². The van der Waals surface area contributed by atoms with Gasteiger partial charge in [0.2, 0.25) is 17.7 Å². The molecule has 12 nitrogen and oxygen atoms in total. The Labute approximate surface area is 201 Å². The highest BCUT2D eigenvalue weighted by Gasteiger charge is 2.33. The van der Waals surface area contributed by atoms with Crippen molar-refractivity contribution >= 4 is 29.7 Å². The van der Waals surface area contributed by atoms with Gasteiger partial charge in [-0.25, -0.2) is 4.79 Å². The zero-order valence-electron chi connectivity index (χ0n) is 21.1. The summed E-state index contributed by atoms with van der Waals surface area (Å²) in [5.74, 6) is -3.34. The van der Waals surface area contributed by atoms with E-state index in [4.69, 9.17) is 17.2 Å². The summed E-state index contributed by atoms with van der Waals surface area (Å²) in [4.78, 5) is 53.7. The summed E-state index contributed by atoms with van der Waals surface area (Å²) < 4.78 is 0. The number of hydrogen-bond acceptors (Lipinski definition) is 6. The molecule has 0 heterocycles. The Morgan fingerprint density at radius 2 is 1.29 bits per heavy atom. The van der Waals surface area contributed by atoms with E-state index in [1.54, 1.807) is 27.7 Å². The van der Waals surface area contributed by atoms with E-state index in [1.165, 1.54) is 0 Å². The predicted molar refractivity (Wildman–Crippen MR) is 130 cm³/mol. The molecule has 0 aliphatic heterocycles. The zero-order valence-corrected chi connectivity index (χ0v) is 21.1. The summed E-state index contributed by atoms with van der Waals surface area (Å²) >= 11 is 0. The lowest BCUT2D eigenvalue weighted by Crippen LogP contribution is -2.59. The first-order chi connectivity index (χ1) is 15.7. The molecular formula is C22H43N7O5. The van der Waals surface area contributed by atoms with Crippen LogP contribution in [0.15, 0.2) is 4.99 Å².